The Morgan fingerprint density at radius 3 is 2.44 bits per heavy atom. The number of rotatable bonds is 3. The van der Waals surface area contributed by atoms with Crippen molar-refractivity contribution in [2.24, 2.45) is 0 Å². The van der Waals surface area contributed by atoms with Crippen molar-refractivity contribution in [2.75, 3.05) is 11.9 Å². The zero-order chi connectivity index (χ0) is 13.1. The van der Waals surface area contributed by atoms with Crippen molar-refractivity contribution in [3.8, 4) is 0 Å². The number of aromatic nitrogens is 2. The predicted octanol–water partition coefficient (Wildman–Crippen LogP) is 2.92. The van der Waals surface area contributed by atoms with Crippen molar-refractivity contribution in [1.82, 2.24) is 9.97 Å². The summed E-state index contributed by atoms with van der Waals surface area (Å²) < 4.78 is 0.743. The summed E-state index contributed by atoms with van der Waals surface area (Å²) in [6.07, 6.45) is 3.13. The second-order valence-corrected chi connectivity index (χ2v) is 4.33. The minimum atomic E-state index is -0.463. The maximum Gasteiger partial charge on any atom is 0.311 e. The van der Waals surface area contributed by atoms with Gasteiger partial charge in [-0.05, 0) is 34.1 Å². The lowest BCUT2D eigenvalue weighted by molar-refractivity contribution is -0.384. The van der Waals surface area contributed by atoms with E-state index in [0.29, 0.717) is 5.82 Å². The van der Waals surface area contributed by atoms with Gasteiger partial charge in [-0.25, -0.2) is 9.97 Å². The highest BCUT2D eigenvalue weighted by Gasteiger charge is 2.20. The normalized spacial score (nSPS) is 10.1. The monoisotopic (exact) mass is 308 g/mol. The fraction of sp³-hybridized carbons (Fsp3) is 0.0909. The molecule has 2 aromatic heterocycles. The van der Waals surface area contributed by atoms with Crippen LogP contribution in [0.5, 0.6) is 0 Å². The molecule has 0 aliphatic heterocycles. The number of pyridine rings is 2. The summed E-state index contributed by atoms with van der Waals surface area (Å²) in [5, 5.41) is 10.9. The number of hydrogen-bond donors (Lipinski definition) is 0. The predicted molar refractivity (Wildman–Crippen MR) is 70.9 cm³/mol. The van der Waals surface area contributed by atoms with E-state index in [1.165, 1.54) is 18.3 Å². The Morgan fingerprint density at radius 2 is 1.83 bits per heavy atom. The van der Waals surface area contributed by atoms with Gasteiger partial charge in [-0.15, -0.1) is 0 Å². The molecule has 0 radical (unpaired) electrons. The molecule has 6 nitrogen and oxygen atoms in total. The molecule has 0 aromatic carbocycles. The van der Waals surface area contributed by atoms with Crippen LogP contribution in [0.1, 0.15) is 0 Å². The third-order valence-electron chi connectivity index (χ3n) is 2.34. The van der Waals surface area contributed by atoms with Gasteiger partial charge < -0.3 is 4.90 Å². The van der Waals surface area contributed by atoms with E-state index in [0.717, 1.165) is 4.47 Å². The molecule has 0 saturated carbocycles. The molecule has 0 saturated heterocycles. The summed E-state index contributed by atoms with van der Waals surface area (Å²) in [5.41, 5.74) is -0.0578. The second-order valence-electron chi connectivity index (χ2n) is 3.47. The Bertz CT molecular complexity index is 591. The molecule has 92 valence electrons. The highest BCUT2D eigenvalue weighted by atomic mass is 79.9. The molecule has 0 bridgehead atoms. The highest BCUT2D eigenvalue weighted by molar-refractivity contribution is 9.10. The zero-order valence-corrected chi connectivity index (χ0v) is 11.0. The second kappa shape index (κ2) is 5.09. The number of anilines is 2. The van der Waals surface area contributed by atoms with E-state index in [-0.39, 0.29) is 11.5 Å². The van der Waals surface area contributed by atoms with Crippen LogP contribution < -0.4 is 4.90 Å². The smallest absolute Gasteiger partial charge is 0.307 e. The van der Waals surface area contributed by atoms with Crippen LogP contribution in [0.2, 0.25) is 0 Å². The van der Waals surface area contributed by atoms with Gasteiger partial charge in [0, 0.05) is 25.5 Å². The molecule has 2 aromatic rings. The first kappa shape index (κ1) is 12.4. The summed E-state index contributed by atoms with van der Waals surface area (Å²) in [5.74, 6) is 0.821. The third kappa shape index (κ3) is 2.30. The van der Waals surface area contributed by atoms with Gasteiger partial charge >= 0.3 is 5.69 Å². The number of hydrogen-bond acceptors (Lipinski definition) is 5. The summed E-state index contributed by atoms with van der Waals surface area (Å²) in [7, 11) is 1.68. The number of nitrogens with zero attached hydrogens (tertiary/aromatic N) is 4. The molecule has 0 atom stereocenters. The first-order valence-corrected chi connectivity index (χ1v) is 5.84. The van der Waals surface area contributed by atoms with Crippen LogP contribution in [0.15, 0.2) is 41.1 Å². The van der Waals surface area contributed by atoms with Crippen molar-refractivity contribution in [3.05, 3.63) is 51.2 Å². The summed E-state index contributed by atoms with van der Waals surface area (Å²) in [6, 6.07) is 6.53. The Kier molecular flexibility index (Phi) is 3.52. The third-order valence-corrected chi connectivity index (χ3v) is 2.96. The van der Waals surface area contributed by atoms with E-state index in [1.54, 1.807) is 24.2 Å². The van der Waals surface area contributed by atoms with Crippen LogP contribution >= 0.6 is 15.9 Å². The van der Waals surface area contributed by atoms with Crippen molar-refractivity contribution in [3.63, 3.8) is 0 Å². The molecule has 0 fully saturated rings. The molecule has 18 heavy (non-hydrogen) atoms. The highest BCUT2D eigenvalue weighted by Crippen LogP contribution is 2.32. The lowest BCUT2D eigenvalue weighted by Crippen LogP contribution is -2.15. The molecule has 7 heteroatoms. The maximum absolute atomic E-state index is 10.9. The Hall–Kier alpha value is -2.02. The maximum atomic E-state index is 10.9. The largest absolute Gasteiger partial charge is 0.311 e. The van der Waals surface area contributed by atoms with Crippen molar-refractivity contribution in [1.29, 1.82) is 0 Å². The van der Waals surface area contributed by atoms with Crippen molar-refractivity contribution in [2.45, 2.75) is 0 Å². The van der Waals surface area contributed by atoms with Gasteiger partial charge in [0.1, 0.15) is 5.82 Å². The van der Waals surface area contributed by atoms with E-state index < -0.39 is 4.92 Å². The Labute approximate surface area is 112 Å². The van der Waals surface area contributed by atoms with Crippen LogP contribution in [0.4, 0.5) is 17.3 Å². The standard InChI is InChI=1S/C11H9BrN4O2/c1-15(10-8(12)4-2-6-13-10)11-9(16(17)18)5-3-7-14-11/h2-7H,1H3. The molecule has 2 heterocycles. The van der Waals surface area contributed by atoms with Crippen LogP contribution in [-0.2, 0) is 0 Å². The summed E-state index contributed by atoms with van der Waals surface area (Å²) >= 11 is 3.35. The van der Waals surface area contributed by atoms with E-state index in [4.69, 9.17) is 0 Å². The number of halogens is 1. The van der Waals surface area contributed by atoms with Crippen molar-refractivity contribution < 1.29 is 4.92 Å². The summed E-state index contributed by atoms with van der Waals surface area (Å²) in [6.45, 7) is 0. The van der Waals surface area contributed by atoms with Gasteiger partial charge in [0.15, 0.2) is 0 Å². The minimum absolute atomic E-state index is 0.0578. The van der Waals surface area contributed by atoms with E-state index in [9.17, 15) is 10.1 Å². The topological polar surface area (TPSA) is 72.2 Å². The molecule has 0 N–H and O–H groups in total. The van der Waals surface area contributed by atoms with Crippen LogP contribution in [0.3, 0.4) is 0 Å². The first-order valence-electron chi connectivity index (χ1n) is 5.05. The van der Waals surface area contributed by atoms with Gasteiger partial charge in [-0.1, -0.05) is 0 Å². The van der Waals surface area contributed by atoms with Crippen LogP contribution in [0.25, 0.3) is 0 Å². The minimum Gasteiger partial charge on any atom is -0.307 e. The molecule has 0 spiro atoms. The molecule has 2 rings (SSSR count). The van der Waals surface area contributed by atoms with E-state index >= 15 is 0 Å². The average Bonchev–Trinajstić information content (AvgIpc) is 2.38. The molecule has 0 aliphatic carbocycles. The van der Waals surface area contributed by atoms with E-state index in [2.05, 4.69) is 25.9 Å². The van der Waals surface area contributed by atoms with Gasteiger partial charge in [-0.2, -0.15) is 0 Å². The van der Waals surface area contributed by atoms with Gasteiger partial charge in [-0.3, -0.25) is 10.1 Å². The quantitative estimate of drug-likeness (QED) is 0.644. The summed E-state index contributed by atoms with van der Waals surface area (Å²) in [4.78, 5) is 20.3. The first-order chi connectivity index (χ1) is 8.61. The molecular weight excluding hydrogens is 300 g/mol. The lowest BCUT2D eigenvalue weighted by atomic mass is 10.3. The molecule has 0 amide bonds. The molecule has 0 aliphatic rings. The average molecular weight is 309 g/mol. The van der Waals surface area contributed by atoms with Gasteiger partial charge in [0.2, 0.25) is 5.82 Å². The van der Waals surface area contributed by atoms with Crippen molar-refractivity contribution >= 4 is 33.3 Å². The lowest BCUT2D eigenvalue weighted by Gasteiger charge is -2.17. The van der Waals surface area contributed by atoms with Gasteiger partial charge in [0.25, 0.3) is 0 Å². The fourth-order valence-corrected chi connectivity index (χ4v) is 2.03. The van der Waals surface area contributed by atoms with Crippen LogP contribution in [0, 0.1) is 10.1 Å². The Morgan fingerprint density at radius 1 is 1.22 bits per heavy atom. The van der Waals surface area contributed by atoms with Gasteiger partial charge in [0.05, 0.1) is 9.40 Å². The van der Waals surface area contributed by atoms with Crippen LogP contribution in [-0.4, -0.2) is 21.9 Å². The fourth-order valence-electron chi connectivity index (χ4n) is 1.51. The molecule has 0 unspecified atom stereocenters. The zero-order valence-electron chi connectivity index (χ0n) is 9.45. The van der Waals surface area contributed by atoms with E-state index in [1.807, 2.05) is 6.07 Å². The number of nitro groups is 1. The SMILES string of the molecule is CN(c1ncccc1Br)c1ncccc1[N+](=O)[O-]. The Balaban J connectivity index is 2.50. The molecular formula is C11H9BrN4O2.